The highest BCUT2D eigenvalue weighted by Crippen LogP contribution is 2.29. The summed E-state index contributed by atoms with van der Waals surface area (Å²) in [6.45, 7) is 3.35. The van der Waals surface area contributed by atoms with Crippen molar-refractivity contribution in [3.05, 3.63) is 29.6 Å². The standard InChI is InChI=1S/C19H22F6N2O6S/c1-17(2,3)32-16(29)26-14(15(28)27-7-6-18(21,22)10-27)8-11-4-5-12(9-13(11)20)33-34(30,31)19(23,24)25/h4-5,9,14H,6-8,10H2,1-3H3,(H,26,29). The number of benzene rings is 1. The van der Waals surface area contributed by atoms with Gasteiger partial charge in [-0.05, 0) is 32.4 Å². The van der Waals surface area contributed by atoms with Crippen LogP contribution in [0.5, 0.6) is 5.75 Å². The second kappa shape index (κ2) is 9.50. The molecule has 0 radical (unpaired) electrons. The number of nitrogens with one attached hydrogen (secondary N) is 1. The molecule has 1 aromatic rings. The fourth-order valence-electron chi connectivity index (χ4n) is 2.93. The fourth-order valence-corrected chi connectivity index (χ4v) is 3.39. The van der Waals surface area contributed by atoms with Gasteiger partial charge >= 0.3 is 21.7 Å². The minimum atomic E-state index is -6.04. The fraction of sp³-hybridized carbons (Fsp3) is 0.579. The molecule has 0 bridgehead atoms. The predicted molar refractivity (Wildman–Crippen MR) is 105 cm³/mol. The van der Waals surface area contributed by atoms with E-state index in [-0.39, 0.29) is 12.1 Å². The van der Waals surface area contributed by atoms with Crippen LogP contribution in [0, 0.1) is 5.82 Å². The molecule has 0 aliphatic carbocycles. The summed E-state index contributed by atoms with van der Waals surface area (Å²) >= 11 is 0. The molecule has 192 valence electrons. The highest BCUT2D eigenvalue weighted by molar-refractivity contribution is 7.88. The van der Waals surface area contributed by atoms with Gasteiger partial charge in [0.2, 0.25) is 5.91 Å². The number of alkyl carbamates (subject to hydrolysis) is 1. The smallest absolute Gasteiger partial charge is 0.444 e. The number of rotatable bonds is 6. The number of carbonyl (C=O) groups is 2. The number of alkyl halides is 5. The number of nitrogens with zero attached hydrogens (tertiary/aromatic N) is 1. The van der Waals surface area contributed by atoms with Crippen molar-refractivity contribution in [2.45, 2.75) is 56.7 Å². The molecule has 1 aliphatic rings. The minimum absolute atomic E-state index is 0.317. The molecule has 8 nitrogen and oxygen atoms in total. The summed E-state index contributed by atoms with van der Waals surface area (Å²) in [7, 11) is -6.04. The van der Waals surface area contributed by atoms with Crippen LogP contribution in [0.3, 0.4) is 0 Å². The lowest BCUT2D eigenvalue weighted by atomic mass is 10.0. The second-order valence-corrected chi connectivity index (χ2v) is 10.0. The SMILES string of the molecule is CC(C)(C)OC(=O)NC(Cc1ccc(OS(=O)(=O)C(F)(F)F)cc1F)C(=O)N1CCC(F)(F)C1. The third-order valence-corrected chi connectivity index (χ3v) is 5.39. The molecule has 0 spiro atoms. The second-order valence-electron chi connectivity index (χ2n) is 8.51. The van der Waals surface area contributed by atoms with Crippen LogP contribution in [0.25, 0.3) is 0 Å². The molecular formula is C19H22F6N2O6S. The number of carbonyl (C=O) groups excluding carboxylic acids is 2. The van der Waals surface area contributed by atoms with Gasteiger partial charge in [-0.1, -0.05) is 6.07 Å². The van der Waals surface area contributed by atoms with Crippen LogP contribution in [0.4, 0.5) is 31.1 Å². The molecule has 1 saturated heterocycles. The molecule has 1 atom stereocenters. The van der Waals surface area contributed by atoms with Gasteiger partial charge in [0.15, 0.2) is 0 Å². The van der Waals surface area contributed by atoms with Crippen molar-refractivity contribution in [2.24, 2.45) is 0 Å². The Balaban J connectivity index is 2.26. The van der Waals surface area contributed by atoms with E-state index in [0.717, 1.165) is 11.0 Å². The van der Waals surface area contributed by atoms with E-state index >= 15 is 0 Å². The first-order valence-electron chi connectivity index (χ1n) is 9.75. The normalized spacial score (nSPS) is 17.3. The zero-order chi connectivity index (χ0) is 26.1. The summed E-state index contributed by atoms with van der Waals surface area (Å²) in [5, 5.41) is 2.19. The Labute approximate surface area is 191 Å². The quantitative estimate of drug-likeness (QED) is 0.351. The lowest BCUT2D eigenvalue weighted by Gasteiger charge is -2.26. The molecule has 0 aromatic heterocycles. The van der Waals surface area contributed by atoms with E-state index in [0.29, 0.717) is 12.1 Å². The monoisotopic (exact) mass is 520 g/mol. The first-order chi connectivity index (χ1) is 15.3. The van der Waals surface area contributed by atoms with E-state index in [4.69, 9.17) is 4.74 Å². The molecule has 2 amide bonds. The van der Waals surface area contributed by atoms with Gasteiger partial charge in [0.25, 0.3) is 5.92 Å². The third-order valence-electron chi connectivity index (χ3n) is 4.41. The Bertz CT molecular complexity index is 1040. The largest absolute Gasteiger partial charge is 0.534 e. The number of ether oxygens (including phenoxy) is 1. The highest BCUT2D eigenvalue weighted by Gasteiger charge is 2.48. The summed E-state index contributed by atoms with van der Waals surface area (Å²) in [6, 6.07) is 0.328. The average molecular weight is 520 g/mol. The lowest BCUT2D eigenvalue weighted by molar-refractivity contribution is -0.133. The topological polar surface area (TPSA) is 102 Å². The highest BCUT2D eigenvalue weighted by atomic mass is 32.2. The first kappa shape index (κ1) is 27.5. The summed E-state index contributed by atoms with van der Waals surface area (Å²) in [5.74, 6) is -6.34. The molecule has 1 unspecified atom stereocenters. The maximum Gasteiger partial charge on any atom is 0.534 e. The van der Waals surface area contributed by atoms with Crippen LogP contribution in [-0.4, -0.2) is 61.5 Å². The number of amides is 2. The van der Waals surface area contributed by atoms with Gasteiger partial charge in [-0.2, -0.15) is 21.6 Å². The van der Waals surface area contributed by atoms with Gasteiger partial charge in [0, 0.05) is 25.5 Å². The minimum Gasteiger partial charge on any atom is -0.444 e. The molecule has 1 aliphatic heterocycles. The van der Waals surface area contributed by atoms with E-state index in [1.807, 2.05) is 0 Å². The Kier molecular flexibility index (Phi) is 7.70. The van der Waals surface area contributed by atoms with Crippen LogP contribution in [-0.2, 0) is 26.1 Å². The van der Waals surface area contributed by atoms with Crippen LogP contribution in [0.15, 0.2) is 18.2 Å². The van der Waals surface area contributed by atoms with Crippen LogP contribution in [0.1, 0.15) is 32.8 Å². The maximum atomic E-state index is 14.5. The molecule has 2 rings (SSSR count). The summed E-state index contributed by atoms with van der Waals surface area (Å²) < 4.78 is 110. The van der Waals surface area contributed by atoms with Crippen molar-refractivity contribution in [2.75, 3.05) is 13.1 Å². The number of hydrogen-bond donors (Lipinski definition) is 1. The molecule has 15 heteroatoms. The summed E-state index contributed by atoms with van der Waals surface area (Å²) in [4.78, 5) is 25.7. The van der Waals surface area contributed by atoms with E-state index < -0.39 is 76.1 Å². The van der Waals surface area contributed by atoms with Gasteiger partial charge < -0.3 is 19.1 Å². The first-order valence-corrected chi connectivity index (χ1v) is 11.2. The van der Waals surface area contributed by atoms with Crippen molar-refractivity contribution >= 4 is 22.1 Å². The molecule has 1 N–H and O–H groups in total. The van der Waals surface area contributed by atoms with Crippen molar-refractivity contribution < 1.29 is 53.3 Å². The predicted octanol–water partition coefficient (Wildman–Crippen LogP) is 3.36. The van der Waals surface area contributed by atoms with Crippen LogP contribution >= 0.6 is 0 Å². The maximum absolute atomic E-state index is 14.5. The zero-order valence-electron chi connectivity index (χ0n) is 18.2. The molecular weight excluding hydrogens is 498 g/mol. The van der Waals surface area contributed by atoms with Gasteiger partial charge in [-0.15, -0.1) is 0 Å². The Hall–Kier alpha value is -2.71. The summed E-state index contributed by atoms with van der Waals surface area (Å²) in [6.07, 6.45) is -2.29. The molecule has 1 aromatic carbocycles. The van der Waals surface area contributed by atoms with Crippen molar-refractivity contribution in [3.8, 4) is 5.75 Å². The third kappa shape index (κ3) is 7.40. The van der Waals surface area contributed by atoms with E-state index in [1.54, 1.807) is 0 Å². The number of hydrogen-bond acceptors (Lipinski definition) is 6. The molecule has 34 heavy (non-hydrogen) atoms. The lowest BCUT2D eigenvalue weighted by Crippen LogP contribution is -2.50. The summed E-state index contributed by atoms with van der Waals surface area (Å²) in [5.41, 5.74) is -7.06. The Morgan fingerprint density at radius 1 is 1.21 bits per heavy atom. The van der Waals surface area contributed by atoms with Crippen LogP contribution < -0.4 is 9.50 Å². The van der Waals surface area contributed by atoms with Gasteiger partial charge in [-0.3, -0.25) is 4.79 Å². The Morgan fingerprint density at radius 3 is 2.29 bits per heavy atom. The van der Waals surface area contributed by atoms with Crippen molar-refractivity contribution in [3.63, 3.8) is 0 Å². The number of halogens is 6. The van der Waals surface area contributed by atoms with Gasteiger partial charge in [0.1, 0.15) is 23.2 Å². The van der Waals surface area contributed by atoms with Crippen LogP contribution in [0.2, 0.25) is 0 Å². The molecule has 1 heterocycles. The van der Waals surface area contributed by atoms with Crippen molar-refractivity contribution in [1.29, 1.82) is 0 Å². The van der Waals surface area contributed by atoms with Gasteiger partial charge in [0.05, 0.1) is 6.54 Å². The Morgan fingerprint density at radius 2 is 1.82 bits per heavy atom. The molecule has 1 fully saturated rings. The number of likely N-dealkylation sites (tertiary alicyclic amines) is 1. The molecule has 0 saturated carbocycles. The van der Waals surface area contributed by atoms with E-state index in [1.165, 1.54) is 20.8 Å². The average Bonchev–Trinajstić information content (AvgIpc) is 2.99. The van der Waals surface area contributed by atoms with Crippen molar-refractivity contribution in [1.82, 2.24) is 10.2 Å². The van der Waals surface area contributed by atoms with E-state index in [9.17, 15) is 44.3 Å². The van der Waals surface area contributed by atoms with Gasteiger partial charge in [-0.25, -0.2) is 18.0 Å². The zero-order valence-corrected chi connectivity index (χ0v) is 19.0. The van der Waals surface area contributed by atoms with E-state index in [2.05, 4.69) is 9.50 Å².